The van der Waals surface area contributed by atoms with Crippen LogP contribution in [0.25, 0.3) is 22.3 Å². The van der Waals surface area contributed by atoms with Crippen LogP contribution in [0.1, 0.15) is 16.8 Å². The first kappa shape index (κ1) is 26.3. The molecule has 0 saturated carbocycles. The van der Waals surface area contributed by atoms with Crippen molar-refractivity contribution in [3.63, 3.8) is 0 Å². The molecule has 5 rings (SSSR count). The van der Waals surface area contributed by atoms with Gasteiger partial charge in [-0.25, -0.2) is 9.78 Å². The predicted molar refractivity (Wildman–Crippen MR) is 151 cm³/mol. The minimum atomic E-state index is -1.18. The van der Waals surface area contributed by atoms with Crippen molar-refractivity contribution >= 4 is 36.8 Å². The highest BCUT2D eigenvalue weighted by Crippen LogP contribution is 2.40. The lowest BCUT2D eigenvalue weighted by Gasteiger charge is -2.28. The SMILES string of the molecule is C[Si](C)(C)CCOCn1ccc2c(-c3ccnc(C4(CNC(=O)O)Cc5ccccc5C4)c3)nc(Cl)nc21. The van der Waals surface area contributed by atoms with Crippen LogP contribution in [0.4, 0.5) is 4.79 Å². The Morgan fingerprint density at radius 3 is 2.58 bits per heavy atom. The second-order valence-electron chi connectivity index (χ2n) is 11.2. The van der Waals surface area contributed by atoms with Crippen molar-refractivity contribution in [1.29, 1.82) is 0 Å². The summed E-state index contributed by atoms with van der Waals surface area (Å²) in [4.78, 5) is 25.3. The van der Waals surface area contributed by atoms with E-state index >= 15 is 0 Å². The molecule has 0 aliphatic heterocycles. The first-order valence-corrected chi connectivity index (χ1v) is 16.8. The van der Waals surface area contributed by atoms with Gasteiger partial charge in [0.05, 0.1) is 5.69 Å². The smallest absolute Gasteiger partial charge is 0.404 e. The van der Waals surface area contributed by atoms with Gasteiger partial charge >= 0.3 is 6.09 Å². The Kier molecular flexibility index (Phi) is 7.26. The molecule has 0 fully saturated rings. The minimum Gasteiger partial charge on any atom is -0.465 e. The van der Waals surface area contributed by atoms with Crippen molar-refractivity contribution in [2.45, 2.75) is 50.7 Å². The van der Waals surface area contributed by atoms with Gasteiger partial charge in [0.25, 0.3) is 0 Å². The fourth-order valence-electron chi connectivity index (χ4n) is 5.11. The fraction of sp³-hybridized carbons (Fsp3) is 0.357. The predicted octanol–water partition coefficient (Wildman–Crippen LogP) is 5.76. The van der Waals surface area contributed by atoms with Gasteiger partial charge in [0.15, 0.2) is 0 Å². The molecule has 3 heterocycles. The first-order valence-electron chi connectivity index (χ1n) is 12.7. The van der Waals surface area contributed by atoms with Crippen molar-refractivity contribution in [2.75, 3.05) is 13.2 Å². The lowest BCUT2D eigenvalue weighted by molar-refractivity contribution is 0.0899. The monoisotopic (exact) mass is 549 g/mol. The van der Waals surface area contributed by atoms with Gasteiger partial charge in [-0.1, -0.05) is 43.9 Å². The lowest BCUT2D eigenvalue weighted by Crippen LogP contribution is -2.41. The number of nitrogens with zero attached hydrogens (tertiary/aromatic N) is 4. The van der Waals surface area contributed by atoms with Crippen LogP contribution in [-0.4, -0.2) is 51.9 Å². The second-order valence-corrected chi connectivity index (χ2v) is 17.2. The quantitative estimate of drug-likeness (QED) is 0.156. The van der Waals surface area contributed by atoms with Gasteiger partial charge in [-0.2, -0.15) is 4.98 Å². The Bertz CT molecular complexity index is 1460. The number of hydrogen-bond donors (Lipinski definition) is 2. The minimum absolute atomic E-state index is 0.156. The summed E-state index contributed by atoms with van der Waals surface area (Å²) in [6, 6.07) is 15.2. The maximum absolute atomic E-state index is 11.4. The van der Waals surface area contributed by atoms with E-state index in [1.165, 1.54) is 11.1 Å². The summed E-state index contributed by atoms with van der Waals surface area (Å²) in [6.45, 7) is 8.36. The summed E-state index contributed by atoms with van der Waals surface area (Å²) >= 11 is 6.40. The van der Waals surface area contributed by atoms with Crippen LogP contribution in [0, 0.1) is 0 Å². The van der Waals surface area contributed by atoms with Crippen molar-refractivity contribution < 1.29 is 14.6 Å². The van der Waals surface area contributed by atoms with Gasteiger partial charge in [-0.15, -0.1) is 0 Å². The average molecular weight is 550 g/mol. The summed E-state index contributed by atoms with van der Waals surface area (Å²) in [5, 5.41) is 13.0. The average Bonchev–Trinajstić information content (AvgIpc) is 3.46. The van der Waals surface area contributed by atoms with Crippen LogP contribution in [0.15, 0.2) is 54.9 Å². The lowest BCUT2D eigenvalue weighted by atomic mass is 9.80. The maximum Gasteiger partial charge on any atom is 0.404 e. The van der Waals surface area contributed by atoms with Crippen molar-refractivity contribution in [3.05, 3.63) is 77.0 Å². The normalized spacial score (nSPS) is 14.5. The fourth-order valence-corrected chi connectivity index (χ4v) is 6.03. The molecule has 0 unspecified atom stereocenters. The van der Waals surface area contributed by atoms with Crippen LogP contribution in [0.5, 0.6) is 0 Å². The van der Waals surface area contributed by atoms with Crippen LogP contribution >= 0.6 is 11.6 Å². The van der Waals surface area contributed by atoms with Gasteiger partial charge in [-0.3, -0.25) is 4.98 Å². The summed E-state index contributed by atoms with van der Waals surface area (Å²) in [7, 11) is -1.18. The summed E-state index contributed by atoms with van der Waals surface area (Å²) in [6.07, 6.45) is 4.06. The molecule has 3 aromatic heterocycles. The molecule has 4 aromatic rings. The van der Waals surface area contributed by atoms with Gasteiger partial charge in [0, 0.05) is 55.7 Å². The van der Waals surface area contributed by atoms with Crippen LogP contribution < -0.4 is 5.32 Å². The zero-order valence-corrected chi connectivity index (χ0v) is 23.6. The number of nitrogens with one attached hydrogen (secondary N) is 1. The third kappa shape index (κ3) is 5.60. The van der Waals surface area contributed by atoms with E-state index in [1.807, 2.05) is 41.1 Å². The summed E-state index contributed by atoms with van der Waals surface area (Å²) in [5.74, 6) is 0. The molecule has 10 heteroatoms. The number of rotatable bonds is 9. The van der Waals surface area contributed by atoms with Gasteiger partial charge in [-0.05, 0) is 59.8 Å². The molecule has 0 atom stereocenters. The topological polar surface area (TPSA) is 102 Å². The van der Waals surface area contributed by atoms with Crippen LogP contribution in [-0.2, 0) is 29.7 Å². The molecule has 2 N–H and O–H groups in total. The van der Waals surface area contributed by atoms with Gasteiger partial charge < -0.3 is 19.7 Å². The van der Waals surface area contributed by atoms with Gasteiger partial charge in [0.1, 0.15) is 12.4 Å². The largest absolute Gasteiger partial charge is 0.465 e. The molecule has 0 bridgehead atoms. The Morgan fingerprint density at radius 1 is 1.16 bits per heavy atom. The molecular weight excluding hydrogens is 518 g/mol. The zero-order chi connectivity index (χ0) is 26.9. The van der Waals surface area contributed by atoms with E-state index in [1.54, 1.807) is 6.20 Å². The number of amides is 1. The second kappa shape index (κ2) is 10.5. The molecule has 0 spiro atoms. The first-order chi connectivity index (χ1) is 18.1. The standard InChI is InChI=1S/C28H32ClN5O3Si/c1-38(2,3)13-12-37-18-34-11-9-22-24(32-26(29)33-25(22)34)19-8-10-30-23(14-19)28(17-31-27(35)36)15-20-6-4-5-7-21(20)16-28/h4-11,14,31H,12-13,15-18H2,1-3H3,(H,35,36). The van der Waals surface area contributed by atoms with E-state index in [-0.39, 0.29) is 11.8 Å². The molecule has 1 aliphatic carbocycles. The number of ether oxygens (including phenoxy) is 1. The van der Waals surface area contributed by atoms with Crippen LogP contribution in [0.2, 0.25) is 31.0 Å². The molecule has 1 amide bonds. The number of carboxylic acid groups (broad SMARTS) is 1. The van der Waals surface area contributed by atoms with E-state index in [0.717, 1.165) is 22.7 Å². The summed E-state index contributed by atoms with van der Waals surface area (Å²) in [5.41, 5.74) is 5.02. The number of aromatic nitrogens is 4. The Labute approximate surface area is 228 Å². The van der Waals surface area contributed by atoms with Crippen molar-refractivity contribution in [3.8, 4) is 11.3 Å². The molecule has 1 aliphatic rings. The number of hydrogen-bond acceptors (Lipinski definition) is 5. The van der Waals surface area contributed by atoms with E-state index in [2.05, 4.69) is 47.1 Å². The molecule has 1 aromatic carbocycles. The zero-order valence-electron chi connectivity index (χ0n) is 21.9. The molecule has 0 radical (unpaired) electrons. The molecule has 198 valence electrons. The Hall–Kier alpha value is -3.27. The number of fused-ring (bicyclic) bond motifs is 2. The van der Waals surface area contributed by atoms with Crippen LogP contribution in [0.3, 0.4) is 0 Å². The summed E-state index contributed by atoms with van der Waals surface area (Å²) < 4.78 is 7.90. The highest BCUT2D eigenvalue weighted by Gasteiger charge is 2.40. The molecule has 38 heavy (non-hydrogen) atoms. The van der Waals surface area contributed by atoms with Gasteiger partial charge in [0.2, 0.25) is 5.28 Å². The molecule has 0 saturated heterocycles. The van der Waals surface area contributed by atoms with E-state index in [4.69, 9.17) is 21.3 Å². The van der Waals surface area contributed by atoms with Crippen molar-refractivity contribution in [2.24, 2.45) is 0 Å². The Morgan fingerprint density at radius 2 is 1.89 bits per heavy atom. The number of pyridine rings is 1. The van der Waals surface area contributed by atoms with E-state index in [0.29, 0.717) is 37.5 Å². The van der Waals surface area contributed by atoms with Crippen molar-refractivity contribution in [1.82, 2.24) is 24.8 Å². The van der Waals surface area contributed by atoms with E-state index < -0.39 is 19.6 Å². The molecule has 8 nitrogen and oxygen atoms in total. The number of benzene rings is 1. The van der Waals surface area contributed by atoms with E-state index in [9.17, 15) is 9.90 Å². The molecular formula is C28H32ClN5O3Si. The number of carbonyl (C=O) groups is 1. The highest BCUT2D eigenvalue weighted by atomic mass is 35.5. The highest BCUT2D eigenvalue weighted by molar-refractivity contribution is 6.76. The maximum atomic E-state index is 11.4. The number of halogens is 1. The third-order valence-electron chi connectivity index (χ3n) is 7.15. The third-order valence-corrected chi connectivity index (χ3v) is 9.02. The Balaban J connectivity index is 1.48.